The Morgan fingerprint density at radius 2 is 1.69 bits per heavy atom. The van der Waals surface area contributed by atoms with Crippen molar-refractivity contribution >= 4 is 29.4 Å². The first-order valence-corrected chi connectivity index (χ1v) is 18.5. The van der Waals surface area contributed by atoms with Gasteiger partial charge in [-0.3, -0.25) is 4.90 Å². The van der Waals surface area contributed by atoms with Crippen LogP contribution in [0.5, 0.6) is 0 Å². The van der Waals surface area contributed by atoms with Crippen LogP contribution < -0.4 is 11.5 Å². The number of piperazine rings is 1. The SMILES string of the molecule is C/C=C\N.C=C(C)C(CC)[C@H](c1ccc(Cl)cc1C(=C)[C@@H](C)c1cncn1C)N1CCN(C(=O)OC2(C(C)C)CC2)CC1.CC1(OC(N)=O)CC1. The molecule has 1 unspecified atom stereocenters. The minimum absolute atomic E-state index is 0.0718. The van der Waals surface area contributed by atoms with Gasteiger partial charge in [0.25, 0.3) is 0 Å². The van der Waals surface area contributed by atoms with Crippen LogP contribution in [0.25, 0.3) is 5.57 Å². The van der Waals surface area contributed by atoms with Crippen LogP contribution in [0.1, 0.15) is 109 Å². The van der Waals surface area contributed by atoms with Crippen LogP contribution in [0.2, 0.25) is 5.02 Å². The Morgan fingerprint density at radius 1 is 1.08 bits per heavy atom. The lowest BCUT2D eigenvalue weighted by Crippen LogP contribution is -2.52. The zero-order chi connectivity index (χ0) is 38.1. The lowest BCUT2D eigenvalue weighted by Gasteiger charge is -2.43. The summed E-state index contributed by atoms with van der Waals surface area (Å²) in [4.78, 5) is 31.8. The molecule has 4 N–H and O–H groups in total. The second-order valence-electron chi connectivity index (χ2n) is 14.7. The number of aromatic nitrogens is 2. The van der Waals surface area contributed by atoms with Gasteiger partial charge in [0.15, 0.2) is 0 Å². The number of hydrogen-bond acceptors (Lipinski definition) is 7. The van der Waals surface area contributed by atoms with E-state index < -0.39 is 6.09 Å². The van der Waals surface area contributed by atoms with E-state index in [1.807, 2.05) is 49.0 Å². The van der Waals surface area contributed by atoms with Gasteiger partial charge in [-0.05, 0) is 99.7 Å². The number of nitrogens with two attached hydrogens (primary N) is 2. The van der Waals surface area contributed by atoms with Crippen LogP contribution in [0.15, 0.2) is 61.7 Å². The van der Waals surface area contributed by atoms with Gasteiger partial charge in [-0.1, -0.05) is 70.2 Å². The largest absolute Gasteiger partial charge is 0.443 e. The summed E-state index contributed by atoms with van der Waals surface area (Å²) in [6, 6.07) is 6.29. The molecule has 11 heteroatoms. The summed E-state index contributed by atoms with van der Waals surface area (Å²) in [5.74, 6) is 0.666. The number of benzene rings is 1. The molecule has 1 aliphatic heterocycles. The van der Waals surface area contributed by atoms with E-state index in [2.05, 4.69) is 74.5 Å². The smallest absolute Gasteiger partial charge is 0.410 e. The first-order chi connectivity index (χ1) is 24.0. The van der Waals surface area contributed by atoms with E-state index in [1.165, 1.54) is 11.8 Å². The van der Waals surface area contributed by atoms with Crippen LogP contribution in [0, 0.1) is 11.8 Å². The van der Waals surface area contributed by atoms with Crippen LogP contribution in [-0.2, 0) is 16.5 Å². The maximum Gasteiger partial charge on any atom is 0.410 e. The number of allylic oxidation sites excluding steroid dienone is 2. The van der Waals surface area contributed by atoms with Crippen molar-refractivity contribution in [2.45, 2.75) is 104 Å². The molecule has 1 aromatic heterocycles. The monoisotopic (exact) mass is 724 g/mol. The van der Waals surface area contributed by atoms with Gasteiger partial charge < -0.3 is 30.4 Å². The number of amides is 2. The molecule has 2 heterocycles. The number of rotatable bonds is 11. The summed E-state index contributed by atoms with van der Waals surface area (Å²) in [5, 5.41) is 0.695. The molecule has 10 nitrogen and oxygen atoms in total. The highest BCUT2D eigenvalue weighted by atomic mass is 35.5. The van der Waals surface area contributed by atoms with Crippen molar-refractivity contribution < 1.29 is 19.1 Å². The van der Waals surface area contributed by atoms with Crippen LogP contribution in [-0.4, -0.2) is 68.9 Å². The number of imidazole rings is 1. The van der Waals surface area contributed by atoms with Crippen molar-refractivity contribution in [1.29, 1.82) is 0 Å². The molecule has 0 bridgehead atoms. The highest BCUT2D eigenvalue weighted by molar-refractivity contribution is 6.30. The van der Waals surface area contributed by atoms with Gasteiger partial charge >= 0.3 is 12.2 Å². The Bertz CT molecular complexity index is 1530. The summed E-state index contributed by atoms with van der Waals surface area (Å²) in [6.07, 6.45) is 11.0. The number of aryl methyl sites for hydroxylation is 1. The quantitative estimate of drug-likeness (QED) is 0.222. The number of hydrogen-bond donors (Lipinski definition) is 2. The van der Waals surface area contributed by atoms with Crippen molar-refractivity contribution in [3.63, 3.8) is 0 Å². The lowest BCUT2D eigenvalue weighted by molar-refractivity contribution is 0.00875. The number of carbonyl (C=O) groups is 2. The lowest BCUT2D eigenvalue weighted by atomic mass is 9.80. The summed E-state index contributed by atoms with van der Waals surface area (Å²) in [7, 11) is 2.01. The van der Waals surface area contributed by atoms with Crippen LogP contribution in [0.3, 0.4) is 0 Å². The topological polar surface area (TPSA) is 129 Å². The fourth-order valence-corrected chi connectivity index (χ4v) is 6.80. The van der Waals surface area contributed by atoms with E-state index >= 15 is 0 Å². The van der Waals surface area contributed by atoms with E-state index in [0.717, 1.165) is 67.6 Å². The van der Waals surface area contributed by atoms with Gasteiger partial charge in [-0.2, -0.15) is 0 Å². The van der Waals surface area contributed by atoms with E-state index in [1.54, 1.807) is 6.08 Å². The van der Waals surface area contributed by atoms with Crippen molar-refractivity contribution in [1.82, 2.24) is 19.4 Å². The maximum absolute atomic E-state index is 13.0. The molecule has 2 aromatic rings. The first kappa shape index (κ1) is 41.7. The van der Waals surface area contributed by atoms with E-state index in [4.69, 9.17) is 27.8 Å². The Labute approximate surface area is 310 Å². The number of halogens is 1. The van der Waals surface area contributed by atoms with Crippen molar-refractivity contribution in [3.8, 4) is 0 Å². The number of primary amides is 1. The molecule has 282 valence electrons. The molecule has 2 aliphatic carbocycles. The highest BCUT2D eigenvalue weighted by Crippen LogP contribution is 2.47. The van der Waals surface area contributed by atoms with Gasteiger partial charge in [0.1, 0.15) is 11.2 Å². The third-order valence-electron chi connectivity index (χ3n) is 10.5. The molecule has 0 radical (unpaired) electrons. The summed E-state index contributed by atoms with van der Waals surface area (Å²) < 4.78 is 12.7. The van der Waals surface area contributed by atoms with Crippen LogP contribution in [0.4, 0.5) is 9.59 Å². The third-order valence-corrected chi connectivity index (χ3v) is 10.7. The molecular weight excluding hydrogens is 664 g/mol. The molecule has 2 saturated carbocycles. The molecule has 3 fully saturated rings. The molecule has 2 amide bonds. The average molecular weight is 725 g/mol. The average Bonchev–Trinajstić information content (AvgIpc) is 3.99. The molecule has 3 atom stereocenters. The van der Waals surface area contributed by atoms with Gasteiger partial charge in [0.05, 0.1) is 6.33 Å². The fourth-order valence-electron chi connectivity index (χ4n) is 6.63. The number of carbonyl (C=O) groups excluding carboxylic acids is 2. The second-order valence-corrected chi connectivity index (χ2v) is 15.2. The van der Waals surface area contributed by atoms with Gasteiger partial charge in [-0.25, -0.2) is 14.6 Å². The Balaban J connectivity index is 0.000000497. The molecule has 0 spiro atoms. The molecule has 51 heavy (non-hydrogen) atoms. The number of nitrogens with zero attached hydrogens (tertiary/aromatic N) is 4. The zero-order valence-electron chi connectivity index (χ0n) is 32.1. The Morgan fingerprint density at radius 3 is 2.10 bits per heavy atom. The van der Waals surface area contributed by atoms with Gasteiger partial charge in [0.2, 0.25) is 0 Å². The molecule has 1 saturated heterocycles. The molecule has 1 aromatic carbocycles. The predicted molar refractivity (Wildman–Crippen MR) is 207 cm³/mol. The summed E-state index contributed by atoms with van der Waals surface area (Å²) in [5.41, 5.74) is 14.7. The van der Waals surface area contributed by atoms with Crippen molar-refractivity contribution in [2.24, 2.45) is 30.4 Å². The van der Waals surface area contributed by atoms with E-state index in [0.29, 0.717) is 24.0 Å². The summed E-state index contributed by atoms with van der Waals surface area (Å²) in [6.45, 7) is 26.3. The second kappa shape index (κ2) is 18.1. The molecule has 5 rings (SSSR count). The van der Waals surface area contributed by atoms with Crippen molar-refractivity contribution in [3.05, 3.63) is 83.6 Å². The third kappa shape index (κ3) is 11.1. The number of ether oxygens (including phenoxy) is 2. The van der Waals surface area contributed by atoms with Gasteiger partial charge in [-0.15, -0.1) is 0 Å². The minimum Gasteiger partial charge on any atom is -0.443 e. The summed E-state index contributed by atoms with van der Waals surface area (Å²) >= 11 is 6.57. The van der Waals surface area contributed by atoms with E-state index in [9.17, 15) is 9.59 Å². The Hall–Kier alpha value is -3.76. The molecular formula is C40H61ClN6O4. The standard InChI is InChI=1S/C32H45ClN4O2.C5H9NO2.C3H7N/c1-9-26(21(2)3)30(36-14-16-37(17-15-36)31(38)39-32(12-13-32)22(4)5)27-11-10-25(33)18-28(27)23(6)24(7)29-19-34-20-35(29)8;1-5(2-3-5)8-4(6)7;1-2-3-4/h10-11,18-20,22,24,26,30H,2,6,9,12-17H2,1,3-5,7-8H3;2-3H2,1H3,(H2,6,7);2-3H,4H2,1H3/b;;3-2-/t24-,26?,30-;;/m1../s1. The zero-order valence-corrected chi connectivity index (χ0v) is 32.8. The molecule has 3 aliphatic rings. The Kier molecular flexibility index (Phi) is 14.8. The minimum atomic E-state index is -0.662. The maximum atomic E-state index is 13.0. The highest BCUT2D eigenvalue weighted by Gasteiger charge is 2.50. The normalized spacial score (nSPS) is 19.1. The van der Waals surface area contributed by atoms with E-state index in [-0.39, 0.29) is 35.2 Å². The fraction of sp³-hybridized carbons (Fsp3) is 0.575. The van der Waals surface area contributed by atoms with Crippen LogP contribution >= 0.6 is 11.6 Å². The predicted octanol–water partition coefficient (Wildman–Crippen LogP) is 8.59. The van der Waals surface area contributed by atoms with Crippen molar-refractivity contribution in [2.75, 3.05) is 26.2 Å². The van der Waals surface area contributed by atoms with Gasteiger partial charge in [0, 0.05) is 62.1 Å². The first-order valence-electron chi connectivity index (χ1n) is 18.2.